The number of nitrogens with zero attached hydrogens (tertiary/aromatic N) is 1. The molecule has 21 heavy (non-hydrogen) atoms. The van der Waals surface area contributed by atoms with Crippen LogP contribution in [0.15, 0.2) is 43.0 Å². The molecule has 0 spiro atoms. The molecule has 5 nitrogen and oxygen atoms in total. The third kappa shape index (κ3) is 1.84. The second kappa shape index (κ2) is 4.62. The van der Waals surface area contributed by atoms with Crippen molar-refractivity contribution in [3.05, 3.63) is 48.6 Å². The molecule has 1 N–H and O–H groups in total. The molecular weight excluding hydrogens is 270 g/mol. The molecule has 2 saturated heterocycles. The Kier molecular flexibility index (Phi) is 3.01. The number of carboxylic acids is 1. The molecule has 5 heteroatoms. The number of amides is 1. The molecule has 1 aromatic rings. The highest BCUT2D eigenvalue weighted by Gasteiger charge is 2.71. The number of carbonyl (C=O) groups is 2. The topological polar surface area (TPSA) is 66.8 Å². The molecule has 1 saturated carbocycles. The van der Waals surface area contributed by atoms with Crippen LogP contribution in [-0.2, 0) is 14.9 Å². The average molecular weight is 287 g/mol. The summed E-state index contributed by atoms with van der Waals surface area (Å²) in [5, 5.41) is 9.55. The van der Waals surface area contributed by atoms with Crippen molar-refractivity contribution in [2.75, 3.05) is 13.2 Å². The highest BCUT2D eigenvalue weighted by Crippen LogP contribution is 2.60. The van der Waals surface area contributed by atoms with Crippen molar-refractivity contribution in [1.29, 1.82) is 0 Å². The number of carboxylic acid groups (broad SMARTS) is 1. The Morgan fingerprint density at radius 1 is 1.33 bits per heavy atom. The van der Waals surface area contributed by atoms with Gasteiger partial charge in [0.1, 0.15) is 12.1 Å². The van der Waals surface area contributed by atoms with Crippen LogP contribution in [0.3, 0.4) is 0 Å². The fourth-order valence-electron chi connectivity index (χ4n) is 3.63. The van der Waals surface area contributed by atoms with E-state index < -0.39 is 17.6 Å². The van der Waals surface area contributed by atoms with Crippen molar-refractivity contribution >= 4 is 12.1 Å². The maximum atomic E-state index is 12.1. The minimum absolute atomic E-state index is 0.0867. The van der Waals surface area contributed by atoms with Crippen molar-refractivity contribution < 1.29 is 19.4 Å². The van der Waals surface area contributed by atoms with E-state index in [1.165, 1.54) is 11.0 Å². The molecule has 1 amide bonds. The lowest BCUT2D eigenvalue weighted by Crippen LogP contribution is -2.57. The van der Waals surface area contributed by atoms with Crippen molar-refractivity contribution in [2.24, 2.45) is 0 Å². The van der Waals surface area contributed by atoms with Gasteiger partial charge in [0.25, 0.3) is 0 Å². The van der Waals surface area contributed by atoms with Crippen molar-refractivity contribution in [3.63, 3.8) is 0 Å². The Morgan fingerprint density at radius 2 is 2.00 bits per heavy atom. The van der Waals surface area contributed by atoms with E-state index in [0.717, 1.165) is 5.56 Å². The van der Waals surface area contributed by atoms with Gasteiger partial charge < -0.3 is 9.84 Å². The van der Waals surface area contributed by atoms with E-state index in [1.807, 2.05) is 30.3 Å². The van der Waals surface area contributed by atoms with Gasteiger partial charge in [0, 0.05) is 12.0 Å². The first-order valence-corrected chi connectivity index (χ1v) is 6.88. The third-order valence-corrected chi connectivity index (χ3v) is 4.57. The van der Waals surface area contributed by atoms with E-state index in [2.05, 4.69) is 6.58 Å². The van der Waals surface area contributed by atoms with Crippen LogP contribution in [0.4, 0.5) is 4.79 Å². The van der Waals surface area contributed by atoms with E-state index in [1.54, 1.807) is 0 Å². The third-order valence-electron chi connectivity index (χ3n) is 4.57. The minimum atomic E-state index is -1.12. The molecule has 2 bridgehead atoms. The van der Waals surface area contributed by atoms with Crippen LogP contribution >= 0.6 is 0 Å². The van der Waals surface area contributed by atoms with Gasteiger partial charge in [-0.1, -0.05) is 43.0 Å². The summed E-state index contributed by atoms with van der Waals surface area (Å²) in [5.41, 5.74) is -0.290. The van der Waals surface area contributed by atoms with Crippen LogP contribution in [0.1, 0.15) is 18.4 Å². The Bertz CT molecular complexity index is 590. The standard InChI is InChI=1S/C16H17NO4/c1-2-8-21-14(20)17-11-15(12-6-4-3-5-7-12)9-16(17,10-15)13(18)19/h2-7H,1,8-11H2,(H,18,19). The first kappa shape index (κ1) is 13.7. The lowest BCUT2D eigenvalue weighted by atomic mass is 9.59. The number of aliphatic carboxylic acids is 1. The molecule has 1 aromatic carbocycles. The quantitative estimate of drug-likeness (QED) is 0.862. The number of rotatable bonds is 4. The predicted octanol–water partition coefficient (Wildman–Crippen LogP) is 2.18. The van der Waals surface area contributed by atoms with Crippen molar-refractivity contribution in [3.8, 4) is 0 Å². The first-order valence-electron chi connectivity index (χ1n) is 6.88. The van der Waals surface area contributed by atoms with E-state index in [0.29, 0.717) is 19.4 Å². The van der Waals surface area contributed by atoms with Crippen LogP contribution in [0, 0.1) is 0 Å². The Balaban J connectivity index is 1.88. The summed E-state index contributed by atoms with van der Waals surface area (Å²) in [7, 11) is 0. The highest BCUT2D eigenvalue weighted by molar-refractivity contribution is 5.88. The molecule has 0 radical (unpaired) electrons. The van der Waals surface area contributed by atoms with Gasteiger partial charge in [-0.05, 0) is 18.4 Å². The van der Waals surface area contributed by atoms with Gasteiger partial charge >= 0.3 is 12.1 Å². The lowest BCUT2D eigenvalue weighted by molar-refractivity contribution is -0.152. The molecule has 3 aliphatic rings. The van der Waals surface area contributed by atoms with Gasteiger partial charge in [0.2, 0.25) is 0 Å². The summed E-state index contributed by atoms with van der Waals surface area (Å²) in [6.45, 7) is 3.97. The smallest absolute Gasteiger partial charge is 0.411 e. The zero-order valence-electron chi connectivity index (χ0n) is 11.6. The first-order chi connectivity index (χ1) is 10.0. The van der Waals surface area contributed by atoms with E-state index in [9.17, 15) is 14.7 Å². The van der Waals surface area contributed by atoms with Gasteiger partial charge in [0.05, 0.1) is 0 Å². The number of ether oxygens (including phenoxy) is 1. The van der Waals surface area contributed by atoms with Crippen LogP contribution < -0.4 is 0 Å². The van der Waals surface area contributed by atoms with Crippen LogP contribution in [0.2, 0.25) is 0 Å². The molecule has 2 heterocycles. The molecule has 2 aliphatic heterocycles. The lowest BCUT2D eigenvalue weighted by Gasteiger charge is -2.44. The Morgan fingerprint density at radius 3 is 2.57 bits per heavy atom. The minimum Gasteiger partial charge on any atom is -0.479 e. The number of hydrogen-bond acceptors (Lipinski definition) is 3. The number of benzene rings is 1. The normalized spacial score (nSPS) is 29.6. The predicted molar refractivity (Wildman–Crippen MR) is 76.0 cm³/mol. The second-order valence-electron chi connectivity index (χ2n) is 5.79. The van der Waals surface area contributed by atoms with Crippen LogP contribution in [-0.4, -0.2) is 40.8 Å². The Hall–Kier alpha value is -2.30. The highest BCUT2D eigenvalue weighted by atomic mass is 16.6. The molecule has 110 valence electrons. The van der Waals surface area contributed by atoms with Crippen molar-refractivity contribution in [2.45, 2.75) is 23.8 Å². The van der Waals surface area contributed by atoms with E-state index in [4.69, 9.17) is 4.74 Å². The fourth-order valence-corrected chi connectivity index (χ4v) is 3.63. The summed E-state index contributed by atoms with van der Waals surface area (Å²) >= 11 is 0. The molecule has 3 fully saturated rings. The maximum Gasteiger partial charge on any atom is 0.411 e. The number of carbonyl (C=O) groups excluding carboxylic acids is 1. The van der Waals surface area contributed by atoms with E-state index >= 15 is 0 Å². The van der Waals surface area contributed by atoms with Gasteiger partial charge in [0.15, 0.2) is 0 Å². The zero-order chi connectivity index (χ0) is 15.1. The molecule has 0 atom stereocenters. The van der Waals surface area contributed by atoms with Crippen LogP contribution in [0.25, 0.3) is 0 Å². The summed E-state index contributed by atoms with van der Waals surface area (Å²) in [4.78, 5) is 25.1. The van der Waals surface area contributed by atoms with E-state index in [-0.39, 0.29) is 12.0 Å². The largest absolute Gasteiger partial charge is 0.479 e. The number of hydrogen-bond donors (Lipinski definition) is 1. The van der Waals surface area contributed by atoms with Gasteiger partial charge in [-0.25, -0.2) is 9.59 Å². The maximum absolute atomic E-state index is 12.1. The molecular formula is C16H17NO4. The SMILES string of the molecule is C=CCOC(=O)N1CC2(c3ccccc3)CC1(C(=O)O)C2. The fraction of sp³-hybridized carbons (Fsp3) is 0.375. The monoisotopic (exact) mass is 287 g/mol. The average Bonchev–Trinajstić information content (AvgIpc) is 2.98. The van der Waals surface area contributed by atoms with Gasteiger partial charge in [-0.15, -0.1) is 0 Å². The molecule has 0 unspecified atom stereocenters. The summed E-state index contributed by atoms with van der Waals surface area (Å²) in [6.07, 6.45) is 1.79. The molecule has 4 rings (SSSR count). The summed E-state index contributed by atoms with van der Waals surface area (Å²) in [6, 6.07) is 9.77. The zero-order valence-corrected chi connectivity index (χ0v) is 11.6. The van der Waals surface area contributed by atoms with Crippen LogP contribution in [0.5, 0.6) is 0 Å². The van der Waals surface area contributed by atoms with Crippen molar-refractivity contribution in [1.82, 2.24) is 4.90 Å². The molecule has 1 aliphatic carbocycles. The van der Waals surface area contributed by atoms with Gasteiger partial charge in [-0.3, -0.25) is 4.90 Å². The number of fused-ring (bicyclic) bond motifs is 1. The molecule has 0 aromatic heterocycles. The summed E-state index contributed by atoms with van der Waals surface area (Å²) < 4.78 is 5.03. The van der Waals surface area contributed by atoms with Gasteiger partial charge in [-0.2, -0.15) is 0 Å². The second-order valence-corrected chi connectivity index (χ2v) is 5.79. The Labute approximate surface area is 122 Å². The summed E-state index contributed by atoms with van der Waals surface area (Å²) in [5.74, 6) is -0.956.